The number of piperidine rings is 2. The monoisotopic (exact) mass is 416 g/mol. The molecule has 29 heavy (non-hydrogen) atoms. The van der Waals surface area contributed by atoms with Crippen LogP contribution < -0.4 is 4.90 Å². The van der Waals surface area contributed by atoms with Gasteiger partial charge in [-0.05, 0) is 44.7 Å². The maximum Gasteiger partial charge on any atom is 0.314 e. The molecule has 1 amide bonds. The van der Waals surface area contributed by atoms with E-state index in [2.05, 4.69) is 18.2 Å². The first-order valence-corrected chi connectivity index (χ1v) is 11.6. The number of hydrogen-bond acceptors (Lipinski definition) is 5. The molecule has 156 valence electrons. The number of benzene rings is 1. The summed E-state index contributed by atoms with van der Waals surface area (Å²) < 4.78 is 6.42. The van der Waals surface area contributed by atoms with Gasteiger partial charge in [0.1, 0.15) is 5.92 Å². The summed E-state index contributed by atoms with van der Waals surface area (Å²) in [5.41, 5.74) is 1.08. The molecule has 0 aliphatic carbocycles. The van der Waals surface area contributed by atoms with Gasteiger partial charge in [0.2, 0.25) is 0 Å². The Hall–Kier alpha value is -1.99. The van der Waals surface area contributed by atoms with E-state index in [9.17, 15) is 9.59 Å². The van der Waals surface area contributed by atoms with Gasteiger partial charge in [-0.2, -0.15) is 0 Å². The normalized spacial score (nSPS) is 23.3. The summed E-state index contributed by atoms with van der Waals surface area (Å²) in [6.07, 6.45) is 3.81. The van der Waals surface area contributed by atoms with Crippen LogP contribution in [0.2, 0.25) is 0 Å². The molecule has 1 unspecified atom stereocenters. The van der Waals surface area contributed by atoms with Crippen LogP contribution in [0.4, 0.5) is 0 Å². The Morgan fingerprint density at radius 2 is 2.03 bits per heavy atom. The number of esters is 1. The molecule has 2 aromatic rings. The molecule has 1 aromatic heterocycles. The van der Waals surface area contributed by atoms with Crippen LogP contribution >= 0.6 is 11.3 Å². The number of likely N-dealkylation sites (tertiary alicyclic amines) is 2. The van der Waals surface area contributed by atoms with E-state index in [-0.39, 0.29) is 17.8 Å². The molecular formula is C22H30N3O3S+. The second-order valence-electron chi connectivity index (χ2n) is 8.15. The number of nitrogens with zero attached hydrogens (tertiary/aromatic N) is 2. The highest BCUT2D eigenvalue weighted by atomic mass is 32.1. The van der Waals surface area contributed by atoms with Crippen molar-refractivity contribution in [1.29, 1.82) is 0 Å². The number of carbonyl (C=O) groups is 2. The Labute approximate surface area is 175 Å². The second kappa shape index (κ2) is 9.22. The van der Waals surface area contributed by atoms with Gasteiger partial charge < -0.3 is 14.5 Å². The lowest BCUT2D eigenvalue weighted by Crippen LogP contribution is -3.14. The second-order valence-corrected chi connectivity index (χ2v) is 9.21. The van der Waals surface area contributed by atoms with E-state index >= 15 is 0 Å². The Bertz CT molecular complexity index is 827. The maximum atomic E-state index is 12.8. The predicted molar refractivity (Wildman–Crippen MR) is 113 cm³/mol. The predicted octanol–water partition coefficient (Wildman–Crippen LogP) is 1.86. The fourth-order valence-electron chi connectivity index (χ4n) is 4.54. The highest BCUT2D eigenvalue weighted by Gasteiger charge is 2.33. The van der Waals surface area contributed by atoms with Crippen LogP contribution in [-0.4, -0.2) is 61.1 Å². The van der Waals surface area contributed by atoms with Gasteiger partial charge in [0.15, 0.2) is 6.54 Å². The maximum absolute atomic E-state index is 12.8. The quantitative estimate of drug-likeness (QED) is 0.756. The molecule has 0 spiro atoms. The molecule has 2 aliphatic heterocycles. The number of hydrogen-bond donors (Lipinski definition) is 1. The lowest BCUT2D eigenvalue weighted by atomic mass is 9.97. The minimum Gasteiger partial charge on any atom is -0.466 e. The summed E-state index contributed by atoms with van der Waals surface area (Å²) in [4.78, 5) is 32.9. The third-order valence-corrected chi connectivity index (χ3v) is 7.35. The van der Waals surface area contributed by atoms with Crippen LogP contribution in [0.15, 0.2) is 24.3 Å². The number of fused-ring (bicyclic) bond motifs is 1. The fourth-order valence-corrected chi connectivity index (χ4v) is 5.68. The molecule has 2 fully saturated rings. The molecule has 4 rings (SSSR count). The summed E-state index contributed by atoms with van der Waals surface area (Å²) in [5.74, 6) is 0.504. The third-order valence-electron chi connectivity index (χ3n) is 6.15. The van der Waals surface area contributed by atoms with Gasteiger partial charge in [0.25, 0.3) is 5.91 Å². The van der Waals surface area contributed by atoms with Gasteiger partial charge in [-0.1, -0.05) is 12.1 Å². The first-order chi connectivity index (χ1) is 14.1. The van der Waals surface area contributed by atoms with Gasteiger partial charge in [-0.3, -0.25) is 9.59 Å². The number of para-hydroxylation sites is 1. The van der Waals surface area contributed by atoms with E-state index in [0.29, 0.717) is 25.6 Å². The average Bonchev–Trinajstić information content (AvgIpc) is 3.18. The lowest BCUT2D eigenvalue weighted by Gasteiger charge is -2.33. The molecule has 1 N–H and O–H groups in total. The van der Waals surface area contributed by atoms with Gasteiger partial charge >= 0.3 is 5.97 Å². The molecule has 1 aromatic carbocycles. The molecule has 3 heterocycles. The fraction of sp³-hybridized carbons (Fsp3) is 0.591. The van der Waals surface area contributed by atoms with Crippen LogP contribution in [0.25, 0.3) is 10.2 Å². The lowest BCUT2D eigenvalue weighted by molar-refractivity contribution is -0.899. The van der Waals surface area contributed by atoms with Gasteiger partial charge in [0.05, 0.1) is 34.9 Å². The number of carbonyl (C=O) groups excluding carboxylic acids is 2. The molecule has 0 saturated carbocycles. The van der Waals surface area contributed by atoms with E-state index in [4.69, 9.17) is 9.72 Å². The van der Waals surface area contributed by atoms with E-state index in [1.54, 1.807) is 11.3 Å². The summed E-state index contributed by atoms with van der Waals surface area (Å²) in [6.45, 7) is 6.03. The number of ether oxygens (including phenoxy) is 1. The van der Waals surface area contributed by atoms with Crippen LogP contribution in [0.3, 0.4) is 0 Å². The highest BCUT2D eigenvalue weighted by Crippen LogP contribution is 2.33. The standard InChI is InChI=1S/C22H29N3O3S/c1-2-28-22(27)17-6-5-11-24(14-17)15-20(26)25-12-9-16(10-13-25)21-23-18-7-3-4-8-19(18)29-21/h3-4,7-8,16-17H,2,5-6,9-15H2,1H3/p+1/t17-/m1/s1. The van der Waals surface area contributed by atoms with E-state index < -0.39 is 0 Å². The van der Waals surface area contributed by atoms with Crippen LogP contribution in [0.1, 0.15) is 43.5 Å². The Balaban J connectivity index is 1.28. The topological polar surface area (TPSA) is 63.9 Å². The van der Waals surface area contributed by atoms with Crippen molar-refractivity contribution >= 4 is 33.4 Å². The van der Waals surface area contributed by atoms with Crippen LogP contribution in [-0.2, 0) is 14.3 Å². The molecule has 7 heteroatoms. The summed E-state index contributed by atoms with van der Waals surface area (Å²) >= 11 is 1.79. The third kappa shape index (κ3) is 4.78. The van der Waals surface area contributed by atoms with Crippen molar-refractivity contribution in [2.75, 3.05) is 39.3 Å². The molecule has 6 nitrogen and oxygen atoms in total. The molecule has 2 atom stereocenters. The number of thiazole rings is 1. The van der Waals surface area contributed by atoms with Crippen LogP contribution in [0, 0.1) is 5.92 Å². The van der Waals surface area contributed by atoms with Crippen molar-refractivity contribution in [1.82, 2.24) is 9.88 Å². The first-order valence-electron chi connectivity index (χ1n) is 10.8. The van der Waals surface area contributed by atoms with Crippen molar-refractivity contribution in [3.05, 3.63) is 29.3 Å². The van der Waals surface area contributed by atoms with Gasteiger partial charge in [0, 0.05) is 19.0 Å². The minimum atomic E-state index is -0.103. The zero-order valence-corrected chi connectivity index (χ0v) is 17.9. The molecule has 0 bridgehead atoms. The van der Waals surface area contributed by atoms with Gasteiger partial charge in [-0.25, -0.2) is 4.98 Å². The molecule has 0 radical (unpaired) electrons. The first kappa shape index (κ1) is 20.3. The smallest absolute Gasteiger partial charge is 0.314 e. The van der Waals surface area contributed by atoms with E-state index in [1.807, 2.05) is 17.9 Å². The van der Waals surface area contributed by atoms with Crippen molar-refractivity contribution < 1.29 is 19.2 Å². The van der Waals surface area contributed by atoms with Crippen molar-refractivity contribution in [2.45, 2.75) is 38.5 Å². The molecule has 2 aliphatic rings. The highest BCUT2D eigenvalue weighted by molar-refractivity contribution is 7.18. The van der Waals surface area contributed by atoms with Crippen molar-refractivity contribution in [3.63, 3.8) is 0 Å². The largest absolute Gasteiger partial charge is 0.466 e. The Morgan fingerprint density at radius 1 is 1.24 bits per heavy atom. The summed E-state index contributed by atoms with van der Waals surface area (Å²) in [6, 6.07) is 8.28. The molecule has 2 saturated heterocycles. The molecular weight excluding hydrogens is 386 g/mol. The zero-order valence-electron chi connectivity index (χ0n) is 17.1. The number of rotatable bonds is 5. The minimum absolute atomic E-state index is 0.0590. The Morgan fingerprint density at radius 3 is 2.79 bits per heavy atom. The van der Waals surface area contributed by atoms with Gasteiger partial charge in [-0.15, -0.1) is 11.3 Å². The number of amides is 1. The van der Waals surface area contributed by atoms with Crippen molar-refractivity contribution in [3.8, 4) is 0 Å². The number of nitrogens with one attached hydrogen (secondary N) is 1. The number of aromatic nitrogens is 1. The zero-order chi connectivity index (χ0) is 20.2. The average molecular weight is 417 g/mol. The SMILES string of the molecule is CCOC(=O)[C@@H]1CCC[NH+](CC(=O)N2CCC(c3nc4ccccc4s3)CC2)C1. The summed E-state index contributed by atoms with van der Waals surface area (Å²) in [5, 5.41) is 1.21. The van der Waals surface area contributed by atoms with E-state index in [0.717, 1.165) is 50.8 Å². The van der Waals surface area contributed by atoms with E-state index in [1.165, 1.54) is 14.6 Å². The Kier molecular flexibility index (Phi) is 6.45. The van der Waals surface area contributed by atoms with Crippen molar-refractivity contribution in [2.24, 2.45) is 5.92 Å². The van der Waals surface area contributed by atoms with Crippen LogP contribution in [0.5, 0.6) is 0 Å². The summed E-state index contributed by atoms with van der Waals surface area (Å²) in [7, 11) is 0. The number of quaternary nitrogens is 1.